The molecule has 21 heavy (non-hydrogen) atoms. The van der Waals surface area contributed by atoms with Crippen LogP contribution >= 0.6 is 11.6 Å². The maximum Gasteiger partial charge on any atom is 0.124 e. The summed E-state index contributed by atoms with van der Waals surface area (Å²) in [5.41, 5.74) is 4.75. The average Bonchev–Trinajstić information content (AvgIpc) is 2.41. The Hall–Kier alpha value is -1.38. The lowest BCUT2D eigenvalue weighted by molar-refractivity contribution is 0.546. The Kier molecular flexibility index (Phi) is 5.38. The van der Waals surface area contributed by atoms with Gasteiger partial charge in [0.25, 0.3) is 0 Å². The molecule has 1 nitrogen and oxygen atoms in total. The number of hydrogen-bond acceptors (Lipinski definition) is 1. The summed E-state index contributed by atoms with van der Waals surface area (Å²) < 4.78 is 13.2. The van der Waals surface area contributed by atoms with Crippen LogP contribution in [0.25, 0.3) is 0 Å². The minimum Gasteiger partial charge on any atom is -0.310 e. The molecule has 3 heteroatoms. The zero-order chi connectivity index (χ0) is 15.4. The van der Waals surface area contributed by atoms with Gasteiger partial charge in [-0.25, -0.2) is 4.39 Å². The van der Waals surface area contributed by atoms with Gasteiger partial charge in [0.2, 0.25) is 0 Å². The molecule has 0 radical (unpaired) electrons. The number of rotatable bonds is 5. The van der Waals surface area contributed by atoms with Crippen molar-refractivity contribution < 1.29 is 4.39 Å². The molecule has 2 aromatic rings. The molecule has 0 spiro atoms. The molecule has 0 saturated heterocycles. The molecule has 1 atom stereocenters. The van der Waals surface area contributed by atoms with Gasteiger partial charge in [0.1, 0.15) is 5.82 Å². The fourth-order valence-corrected chi connectivity index (χ4v) is 2.91. The van der Waals surface area contributed by atoms with Gasteiger partial charge in [-0.2, -0.15) is 0 Å². The average molecular weight is 306 g/mol. The summed E-state index contributed by atoms with van der Waals surface area (Å²) in [5.74, 6) is -0.296. The summed E-state index contributed by atoms with van der Waals surface area (Å²) in [6.45, 7) is 7.18. The van der Waals surface area contributed by atoms with Crippen LogP contribution in [0.5, 0.6) is 0 Å². The molecule has 0 aliphatic rings. The number of nitrogens with one attached hydrogen (secondary N) is 1. The first-order valence-corrected chi connectivity index (χ1v) is 7.63. The largest absolute Gasteiger partial charge is 0.310 e. The van der Waals surface area contributed by atoms with Crippen molar-refractivity contribution in [2.75, 3.05) is 6.54 Å². The number of halogens is 2. The summed E-state index contributed by atoms with van der Waals surface area (Å²) in [4.78, 5) is 0. The first kappa shape index (κ1) is 16.0. The Morgan fingerprint density at radius 2 is 1.90 bits per heavy atom. The molecule has 0 saturated carbocycles. The van der Waals surface area contributed by atoms with Crippen molar-refractivity contribution >= 4 is 11.6 Å². The third kappa shape index (κ3) is 4.05. The highest BCUT2D eigenvalue weighted by atomic mass is 35.5. The molecule has 2 aromatic carbocycles. The Morgan fingerprint density at radius 3 is 2.52 bits per heavy atom. The Bertz CT molecular complexity index is 625. The summed E-state index contributed by atoms with van der Waals surface area (Å²) >= 11 is 6.16. The van der Waals surface area contributed by atoms with Gasteiger partial charge in [-0.3, -0.25) is 0 Å². The molecule has 0 bridgehead atoms. The van der Waals surface area contributed by atoms with E-state index in [1.807, 2.05) is 0 Å². The van der Waals surface area contributed by atoms with Gasteiger partial charge < -0.3 is 5.32 Å². The maximum atomic E-state index is 13.2. The Balaban J connectivity index is 2.30. The second-order valence-electron chi connectivity index (χ2n) is 5.41. The fraction of sp³-hybridized carbons (Fsp3) is 0.333. The van der Waals surface area contributed by atoms with Crippen molar-refractivity contribution in [1.82, 2.24) is 5.32 Å². The molecule has 0 heterocycles. The lowest BCUT2D eigenvalue weighted by atomic mass is 9.94. The first-order chi connectivity index (χ1) is 10.0. The van der Waals surface area contributed by atoms with Crippen LogP contribution in [0.3, 0.4) is 0 Å². The van der Waals surface area contributed by atoms with Crippen LogP contribution in [-0.2, 0) is 6.42 Å². The standard InChI is InChI=1S/C18H21ClFN/c1-4-21-18(16-8-5-12(2)9-13(16)3)10-14-6-7-15(20)11-17(14)19/h5-9,11,18,21H,4,10H2,1-3H3. The van der Waals surface area contributed by atoms with Crippen molar-refractivity contribution in [3.05, 3.63) is 69.5 Å². The number of hydrogen-bond donors (Lipinski definition) is 1. The molecule has 1 N–H and O–H groups in total. The summed E-state index contributed by atoms with van der Waals surface area (Å²) in [5, 5.41) is 3.99. The first-order valence-electron chi connectivity index (χ1n) is 7.25. The number of aryl methyl sites for hydroxylation is 2. The lowest BCUT2D eigenvalue weighted by Gasteiger charge is -2.21. The van der Waals surface area contributed by atoms with Gasteiger partial charge in [-0.1, -0.05) is 48.4 Å². The molecule has 0 amide bonds. The highest BCUT2D eigenvalue weighted by molar-refractivity contribution is 6.31. The van der Waals surface area contributed by atoms with Crippen molar-refractivity contribution in [2.45, 2.75) is 33.2 Å². The quantitative estimate of drug-likeness (QED) is 0.820. The number of benzene rings is 2. The molecular weight excluding hydrogens is 285 g/mol. The highest BCUT2D eigenvalue weighted by Crippen LogP contribution is 2.26. The topological polar surface area (TPSA) is 12.0 Å². The highest BCUT2D eigenvalue weighted by Gasteiger charge is 2.15. The molecule has 2 rings (SSSR count). The van der Waals surface area contributed by atoms with E-state index in [-0.39, 0.29) is 11.9 Å². The van der Waals surface area contributed by atoms with Crippen LogP contribution in [0.1, 0.15) is 35.2 Å². The van der Waals surface area contributed by atoms with Crippen LogP contribution in [0.2, 0.25) is 5.02 Å². The molecule has 0 aliphatic carbocycles. The SMILES string of the molecule is CCNC(Cc1ccc(F)cc1Cl)c1ccc(C)cc1C. The minimum absolute atomic E-state index is 0.179. The Morgan fingerprint density at radius 1 is 1.14 bits per heavy atom. The second kappa shape index (κ2) is 7.06. The van der Waals surface area contributed by atoms with Crippen LogP contribution in [0.15, 0.2) is 36.4 Å². The predicted molar refractivity (Wildman–Crippen MR) is 87.4 cm³/mol. The molecule has 0 aliphatic heterocycles. The normalized spacial score (nSPS) is 12.4. The summed E-state index contributed by atoms with van der Waals surface area (Å²) in [7, 11) is 0. The van der Waals surface area contributed by atoms with Gasteiger partial charge in [0.15, 0.2) is 0 Å². The van der Waals surface area contributed by atoms with Crippen LogP contribution in [0.4, 0.5) is 4.39 Å². The van der Waals surface area contributed by atoms with E-state index in [1.165, 1.54) is 28.8 Å². The lowest BCUT2D eigenvalue weighted by Crippen LogP contribution is -2.24. The van der Waals surface area contributed by atoms with Crippen molar-refractivity contribution in [2.24, 2.45) is 0 Å². The van der Waals surface area contributed by atoms with Crippen molar-refractivity contribution in [3.63, 3.8) is 0 Å². The van der Waals surface area contributed by atoms with E-state index in [0.29, 0.717) is 5.02 Å². The third-order valence-corrected chi connectivity index (χ3v) is 4.04. The van der Waals surface area contributed by atoms with E-state index in [0.717, 1.165) is 18.5 Å². The van der Waals surface area contributed by atoms with Crippen LogP contribution < -0.4 is 5.32 Å². The second-order valence-corrected chi connectivity index (χ2v) is 5.82. The fourth-order valence-electron chi connectivity index (χ4n) is 2.66. The monoisotopic (exact) mass is 305 g/mol. The van der Waals surface area contributed by atoms with E-state index in [9.17, 15) is 4.39 Å². The van der Waals surface area contributed by atoms with E-state index in [1.54, 1.807) is 6.07 Å². The third-order valence-electron chi connectivity index (χ3n) is 3.69. The van der Waals surface area contributed by atoms with Crippen molar-refractivity contribution in [1.29, 1.82) is 0 Å². The van der Waals surface area contributed by atoms with Crippen LogP contribution in [0, 0.1) is 19.7 Å². The predicted octanol–water partition coefficient (Wildman–Crippen LogP) is 4.99. The van der Waals surface area contributed by atoms with Gasteiger partial charge in [0, 0.05) is 11.1 Å². The van der Waals surface area contributed by atoms with Gasteiger partial charge >= 0.3 is 0 Å². The minimum atomic E-state index is -0.296. The van der Waals surface area contributed by atoms with Gasteiger partial charge in [-0.05, 0) is 55.6 Å². The molecule has 0 fully saturated rings. The van der Waals surface area contributed by atoms with Crippen LogP contribution in [-0.4, -0.2) is 6.54 Å². The number of likely N-dealkylation sites (N-methyl/N-ethyl adjacent to an activating group) is 1. The summed E-state index contributed by atoms with van der Waals surface area (Å²) in [6, 6.07) is 11.3. The molecular formula is C18H21ClFN. The summed E-state index contributed by atoms with van der Waals surface area (Å²) in [6.07, 6.45) is 0.747. The smallest absolute Gasteiger partial charge is 0.124 e. The zero-order valence-corrected chi connectivity index (χ0v) is 13.5. The van der Waals surface area contributed by atoms with Crippen molar-refractivity contribution in [3.8, 4) is 0 Å². The van der Waals surface area contributed by atoms with Gasteiger partial charge in [-0.15, -0.1) is 0 Å². The molecule has 1 unspecified atom stereocenters. The molecule has 0 aromatic heterocycles. The van der Waals surface area contributed by atoms with E-state index < -0.39 is 0 Å². The van der Waals surface area contributed by atoms with E-state index >= 15 is 0 Å². The zero-order valence-electron chi connectivity index (χ0n) is 12.7. The van der Waals surface area contributed by atoms with E-state index in [2.05, 4.69) is 44.3 Å². The maximum absolute atomic E-state index is 13.2. The Labute approximate surface area is 131 Å². The molecule has 112 valence electrons. The van der Waals surface area contributed by atoms with E-state index in [4.69, 9.17) is 11.6 Å². The van der Waals surface area contributed by atoms with Gasteiger partial charge in [0.05, 0.1) is 0 Å².